The second-order valence-electron chi connectivity index (χ2n) is 12.9. The molecule has 7 aromatic carbocycles. The van der Waals surface area contributed by atoms with Gasteiger partial charge in [-0.3, -0.25) is 0 Å². The maximum absolute atomic E-state index is 10.5. The second-order valence-corrected chi connectivity index (χ2v) is 12.9. The maximum atomic E-state index is 10.5. The van der Waals surface area contributed by atoms with Gasteiger partial charge in [0.1, 0.15) is 11.2 Å². The van der Waals surface area contributed by atoms with E-state index in [0.717, 1.165) is 88.6 Å². The van der Waals surface area contributed by atoms with Gasteiger partial charge < -0.3 is 8.98 Å². The van der Waals surface area contributed by atoms with Crippen molar-refractivity contribution in [3.63, 3.8) is 0 Å². The minimum Gasteiger partial charge on any atom is -0.456 e. The zero-order chi connectivity index (χ0) is 34.6. The summed E-state index contributed by atoms with van der Waals surface area (Å²) in [5, 5.41) is 14.7. The Morgan fingerprint density at radius 1 is 0.462 bits per heavy atom. The van der Waals surface area contributed by atoms with Crippen molar-refractivity contribution in [2.45, 2.75) is 0 Å². The van der Waals surface area contributed by atoms with Gasteiger partial charge >= 0.3 is 0 Å². The van der Waals surface area contributed by atoms with Crippen LogP contribution in [0.3, 0.4) is 0 Å². The van der Waals surface area contributed by atoms with Crippen LogP contribution in [-0.4, -0.2) is 14.5 Å². The Kier molecular flexibility index (Phi) is 6.80. The number of nitriles is 1. The highest BCUT2D eigenvalue weighted by Crippen LogP contribution is 2.41. The molecule has 242 valence electrons. The predicted octanol–water partition coefficient (Wildman–Crippen LogP) is 12.0. The van der Waals surface area contributed by atoms with Crippen LogP contribution in [0.4, 0.5) is 0 Å². The summed E-state index contributed by atoms with van der Waals surface area (Å²) >= 11 is 0. The summed E-state index contributed by atoms with van der Waals surface area (Å²) in [6.45, 7) is 0. The number of furan rings is 1. The highest BCUT2D eigenvalue weighted by Gasteiger charge is 2.20. The molecule has 0 aliphatic rings. The van der Waals surface area contributed by atoms with Crippen LogP contribution in [0.2, 0.25) is 0 Å². The molecule has 52 heavy (non-hydrogen) atoms. The van der Waals surface area contributed by atoms with Crippen LogP contribution in [0.1, 0.15) is 5.56 Å². The number of nitrogens with zero attached hydrogens (tertiary/aromatic N) is 4. The summed E-state index contributed by atoms with van der Waals surface area (Å²) < 4.78 is 8.44. The number of hydrogen-bond acceptors (Lipinski definition) is 4. The van der Waals surface area contributed by atoms with Gasteiger partial charge in [-0.25, -0.2) is 9.97 Å². The van der Waals surface area contributed by atoms with E-state index in [1.165, 1.54) is 0 Å². The quantitative estimate of drug-likeness (QED) is 0.184. The van der Waals surface area contributed by atoms with E-state index in [-0.39, 0.29) is 0 Å². The summed E-state index contributed by atoms with van der Waals surface area (Å²) in [6, 6.07) is 60.2. The largest absolute Gasteiger partial charge is 0.456 e. The van der Waals surface area contributed by atoms with E-state index >= 15 is 0 Å². The molecule has 5 nitrogen and oxygen atoms in total. The van der Waals surface area contributed by atoms with Crippen LogP contribution in [0.5, 0.6) is 0 Å². The first-order chi connectivity index (χ1) is 25.7. The normalized spacial score (nSPS) is 11.4. The van der Waals surface area contributed by atoms with Gasteiger partial charge in [-0.05, 0) is 60.2 Å². The van der Waals surface area contributed by atoms with Crippen LogP contribution in [-0.2, 0) is 0 Å². The molecule has 10 rings (SSSR count). The number of aromatic nitrogens is 3. The van der Waals surface area contributed by atoms with Crippen molar-refractivity contribution in [3.8, 4) is 56.8 Å². The number of benzene rings is 7. The molecule has 0 saturated carbocycles. The number of rotatable bonds is 5. The highest BCUT2D eigenvalue weighted by molar-refractivity contribution is 6.11. The van der Waals surface area contributed by atoms with E-state index in [2.05, 4.69) is 95.6 Å². The van der Waals surface area contributed by atoms with Crippen LogP contribution < -0.4 is 0 Å². The Balaban J connectivity index is 1.19. The molecule has 0 N–H and O–H groups in total. The lowest BCUT2D eigenvalue weighted by atomic mass is 9.96. The number of fused-ring (bicyclic) bond motifs is 6. The van der Waals surface area contributed by atoms with Crippen LogP contribution in [0.15, 0.2) is 174 Å². The molecule has 0 aliphatic carbocycles. The fourth-order valence-corrected chi connectivity index (χ4v) is 7.46. The minimum atomic E-state index is 0.607. The lowest BCUT2D eigenvalue weighted by Gasteiger charge is -2.16. The molecule has 0 saturated heterocycles. The molecule has 0 spiro atoms. The van der Waals surface area contributed by atoms with Gasteiger partial charge in [-0.1, -0.05) is 115 Å². The minimum absolute atomic E-state index is 0.607. The second kappa shape index (κ2) is 11.9. The van der Waals surface area contributed by atoms with Crippen molar-refractivity contribution in [2.24, 2.45) is 0 Å². The molecule has 0 aliphatic heterocycles. The summed E-state index contributed by atoms with van der Waals surface area (Å²) in [5.41, 5.74) is 11.8. The van der Waals surface area contributed by atoms with E-state index in [4.69, 9.17) is 14.4 Å². The van der Waals surface area contributed by atoms with Gasteiger partial charge in [0.15, 0.2) is 5.82 Å². The van der Waals surface area contributed by atoms with Crippen LogP contribution >= 0.6 is 0 Å². The first-order valence-corrected chi connectivity index (χ1v) is 17.2. The third kappa shape index (κ3) is 4.78. The van der Waals surface area contributed by atoms with Crippen molar-refractivity contribution in [1.29, 1.82) is 5.26 Å². The van der Waals surface area contributed by atoms with Crippen LogP contribution in [0, 0.1) is 11.3 Å². The Labute approximate surface area is 299 Å². The fraction of sp³-hybridized carbons (Fsp3) is 0. The van der Waals surface area contributed by atoms with Crippen LogP contribution in [0.25, 0.3) is 94.5 Å². The number of para-hydroxylation sites is 2. The predicted molar refractivity (Wildman–Crippen MR) is 210 cm³/mol. The molecule has 5 heteroatoms. The maximum Gasteiger partial charge on any atom is 0.160 e. The average molecular weight is 665 g/mol. The molecule has 3 heterocycles. The molecular weight excluding hydrogens is 637 g/mol. The molecule has 0 bridgehead atoms. The van der Waals surface area contributed by atoms with Crippen molar-refractivity contribution in [2.75, 3.05) is 0 Å². The van der Waals surface area contributed by atoms with E-state index in [1.54, 1.807) is 0 Å². The SMILES string of the molecule is N#Cc1cccc(-n2c3ccccc3c3cc(-c4cc(-c5ccccc5)nc(-c5ccccc5)n4)ccc32)c1-c1ccc2oc3ccccc3c2c1. The molecule has 0 unspecified atom stereocenters. The van der Waals surface area contributed by atoms with Gasteiger partial charge in [0.2, 0.25) is 0 Å². The molecule has 0 amide bonds. The lowest BCUT2D eigenvalue weighted by molar-refractivity contribution is 0.669. The average Bonchev–Trinajstić information content (AvgIpc) is 3.76. The molecule has 0 fully saturated rings. The summed E-state index contributed by atoms with van der Waals surface area (Å²) in [7, 11) is 0. The molecule has 0 radical (unpaired) electrons. The Morgan fingerprint density at radius 3 is 1.90 bits per heavy atom. The standard InChI is InChI=1S/C47H28N4O/c48-29-34-16-11-20-43(46(34)33-23-25-45-38(27-33)36-18-8-10-21-44(36)52-45)51-41-19-9-7-17-35(41)37-26-32(22-24-42(37)51)40-28-39(30-12-3-1-4-13-30)49-47(50-40)31-14-5-2-6-15-31/h1-28H. The van der Waals surface area contributed by atoms with Gasteiger partial charge in [-0.2, -0.15) is 5.26 Å². The summed E-state index contributed by atoms with van der Waals surface area (Å²) in [4.78, 5) is 10.1. The Morgan fingerprint density at radius 2 is 1.10 bits per heavy atom. The third-order valence-electron chi connectivity index (χ3n) is 9.87. The molecule has 3 aromatic heterocycles. The van der Waals surface area contributed by atoms with Gasteiger partial charge in [0.25, 0.3) is 0 Å². The first kappa shape index (κ1) is 29.6. The van der Waals surface area contributed by atoms with Gasteiger partial charge in [0, 0.05) is 43.8 Å². The zero-order valence-electron chi connectivity index (χ0n) is 27.9. The topological polar surface area (TPSA) is 67.6 Å². The summed E-state index contributed by atoms with van der Waals surface area (Å²) in [6.07, 6.45) is 0. The molecule has 0 atom stereocenters. The van der Waals surface area contributed by atoms with E-state index in [1.807, 2.05) is 84.9 Å². The molecule has 10 aromatic rings. The zero-order valence-corrected chi connectivity index (χ0v) is 27.9. The third-order valence-corrected chi connectivity index (χ3v) is 9.87. The van der Waals surface area contributed by atoms with Crippen molar-refractivity contribution >= 4 is 43.7 Å². The smallest absolute Gasteiger partial charge is 0.160 e. The lowest BCUT2D eigenvalue weighted by Crippen LogP contribution is -1.99. The van der Waals surface area contributed by atoms with E-state index in [0.29, 0.717) is 11.4 Å². The highest BCUT2D eigenvalue weighted by atomic mass is 16.3. The van der Waals surface area contributed by atoms with Crippen molar-refractivity contribution in [3.05, 3.63) is 175 Å². The van der Waals surface area contributed by atoms with Gasteiger partial charge in [0.05, 0.1) is 39.7 Å². The monoisotopic (exact) mass is 664 g/mol. The Bertz CT molecular complexity index is 2970. The first-order valence-electron chi connectivity index (χ1n) is 17.2. The number of hydrogen-bond donors (Lipinski definition) is 0. The van der Waals surface area contributed by atoms with E-state index in [9.17, 15) is 5.26 Å². The summed E-state index contributed by atoms with van der Waals surface area (Å²) in [5.74, 6) is 0.680. The fourth-order valence-electron chi connectivity index (χ4n) is 7.46. The van der Waals surface area contributed by atoms with Gasteiger partial charge in [-0.15, -0.1) is 0 Å². The van der Waals surface area contributed by atoms with Crippen molar-refractivity contribution < 1.29 is 4.42 Å². The van der Waals surface area contributed by atoms with Crippen molar-refractivity contribution in [1.82, 2.24) is 14.5 Å². The Hall–Kier alpha value is -7.29. The molecular formula is C47H28N4O. The van der Waals surface area contributed by atoms with E-state index < -0.39 is 0 Å².